The first-order valence-corrected chi connectivity index (χ1v) is 4.99. The van der Waals surface area contributed by atoms with Crippen LogP contribution in [0.2, 0.25) is 0 Å². The maximum atomic E-state index is 4.22. The van der Waals surface area contributed by atoms with Gasteiger partial charge >= 0.3 is 0 Å². The van der Waals surface area contributed by atoms with E-state index in [-0.39, 0.29) is 0 Å². The lowest BCUT2D eigenvalue weighted by atomic mass is 10.0. The highest BCUT2D eigenvalue weighted by Gasteiger charge is 2.16. The Morgan fingerprint density at radius 2 is 2.33 bits per heavy atom. The van der Waals surface area contributed by atoms with Crippen LogP contribution < -0.4 is 5.32 Å². The number of rotatable bonds is 4. The minimum Gasteiger partial charge on any atom is -0.309 e. The Morgan fingerprint density at radius 1 is 1.58 bits per heavy atom. The first-order chi connectivity index (χ1) is 5.75. The number of nitrogens with one attached hydrogen (secondary N) is 1. The maximum Gasteiger partial charge on any atom is 0.0914 e. The number of hydrogen-bond donors (Lipinski definition) is 1. The summed E-state index contributed by atoms with van der Waals surface area (Å²) in [4.78, 5) is 0. The predicted octanol–water partition coefficient (Wildman–Crippen LogP) is 1.84. The minimum absolute atomic E-state index is 0.355. The third kappa shape index (κ3) is 2.25. The SMILES string of the molecule is CCNC(c1cnsn1)C(C)C. The molecule has 0 aliphatic heterocycles. The van der Waals surface area contributed by atoms with Crippen molar-refractivity contribution < 1.29 is 0 Å². The van der Waals surface area contributed by atoms with Crippen LogP contribution in [-0.2, 0) is 0 Å². The van der Waals surface area contributed by atoms with Crippen molar-refractivity contribution in [2.45, 2.75) is 26.8 Å². The molecule has 0 saturated heterocycles. The summed E-state index contributed by atoms with van der Waals surface area (Å²) in [6.45, 7) is 7.45. The van der Waals surface area contributed by atoms with Crippen LogP contribution in [-0.4, -0.2) is 15.3 Å². The van der Waals surface area contributed by atoms with Gasteiger partial charge in [0.25, 0.3) is 0 Å². The van der Waals surface area contributed by atoms with Crippen molar-refractivity contribution >= 4 is 11.7 Å². The van der Waals surface area contributed by atoms with Gasteiger partial charge in [-0.25, -0.2) is 0 Å². The van der Waals surface area contributed by atoms with E-state index in [0.29, 0.717) is 12.0 Å². The van der Waals surface area contributed by atoms with E-state index in [9.17, 15) is 0 Å². The van der Waals surface area contributed by atoms with Crippen LogP contribution in [0, 0.1) is 5.92 Å². The average molecular weight is 185 g/mol. The van der Waals surface area contributed by atoms with Gasteiger partial charge in [-0.15, -0.1) is 0 Å². The molecule has 0 aliphatic carbocycles. The number of nitrogens with zero attached hydrogens (tertiary/aromatic N) is 2. The Labute approximate surface area is 77.5 Å². The van der Waals surface area contributed by atoms with Crippen molar-refractivity contribution in [3.05, 3.63) is 11.9 Å². The molecule has 1 aromatic heterocycles. The second-order valence-corrected chi connectivity index (χ2v) is 3.67. The lowest BCUT2D eigenvalue weighted by molar-refractivity contribution is 0.415. The highest BCUT2D eigenvalue weighted by molar-refractivity contribution is 6.99. The Morgan fingerprint density at radius 3 is 2.75 bits per heavy atom. The van der Waals surface area contributed by atoms with Gasteiger partial charge in [-0.1, -0.05) is 20.8 Å². The Bertz CT molecular complexity index is 208. The summed E-state index contributed by atoms with van der Waals surface area (Å²) in [5.74, 6) is 0.564. The first kappa shape index (κ1) is 9.61. The molecular formula is C8H15N3S. The van der Waals surface area contributed by atoms with Gasteiger partial charge in [0.2, 0.25) is 0 Å². The average Bonchev–Trinajstić information content (AvgIpc) is 2.51. The van der Waals surface area contributed by atoms with E-state index in [1.165, 1.54) is 11.7 Å². The van der Waals surface area contributed by atoms with Crippen LogP contribution >= 0.6 is 11.7 Å². The van der Waals surface area contributed by atoms with Gasteiger partial charge in [0.15, 0.2) is 0 Å². The molecule has 0 spiro atoms. The van der Waals surface area contributed by atoms with E-state index >= 15 is 0 Å². The summed E-state index contributed by atoms with van der Waals surface area (Å²) < 4.78 is 8.22. The summed E-state index contributed by atoms with van der Waals surface area (Å²) in [5, 5.41) is 3.39. The van der Waals surface area contributed by atoms with Gasteiger partial charge in [0.05, 0.1) is 29.7 Å². The van der Waals surface area contributed by atoms with E-state index in [1.807, 2.05) is 6.20 Å². The zero-order valence-electron chi connectivity index (χ0n) is 7.74. The molecule has 12 heavy (non-hydrogen) atoms. The fraction of sp³-hybridized carbons (Fsp3) is 0.750. The van der Waals surface area contributed by atoms with E-state index in [4.69, 9.17) is 0 Å². The van der Waals surface area contributed by atoms with Gasteiger partial charge in [-0.05, 0) is 12.5 Å². The smallest absolute Gasteiger partial charge is 0.0914 e. The van der Waals surface area contributed by atoms with Gasteiger partial charge in [0.1, 0.15) is 0 Å². The van der Waals surface area contributed by atoms with Crippen molar-refractivity contribution in [3.8, 4) is 0 Å². The molecule has 0 aliphatic rings. The molecule has 1 heterocycles. The molecule has 1 atom stereocenters. The highest BCUT2D eigenvalue weighted by atomic mass is 32.1. The molecule has 1 aromatic rings. The summed E-state index contributed by atoms with van der Waals surface area (Å²) in [7, 11) is 0. The third-order valence-electron chi connectivity index (χ3n) is 1.79. The zero-order valence-corrected chi connectivity index (χ0v) is 8.56. The lowest BCUT2D eigenvalue weighted by Crippen LogP contribution is -2.25. The largest absolute Gasteiger partial charge is 0.309 e. The Kier molecular flexibility index (Phi) is 3.62. The van der Waals surface area contributed by atoms with E-state index in [0.717, 1.165) is 12.2 Å². The molecule has 1 unspecified atom stereocenters. The van der Waals surface area contributed by atoms with Crippen LogP contribution in [0.15, 0.2) is 6.20 Å². The van der Waals surface area contributed by atoms with Crippen molar-refractivity contribution in [2.24, 2.45) is 5.92 Å². The van der Waals surface area contributed by atoms with Crippen LogP contribution in [0.5, 0.6) is 0 Å². The van der Waals surface area contributed by atoms with Gasteiger partial charge < -0.3 is 5.32 Å². The molecule has 0 bridgehead atoms. The Balaban J connectivity index is 2.66. The van der Waals surface area contributed by atoms with Crippen LogP contribution in [0.1, 0.15) is 32.5 Å². The van der Waals surface area contributed by atoms with Crippen molar-refractivity contribution in [3.63, 3.8) is 0 Å². The summed E-state index contributed by atoms with van der Waals surface area (Å²) in [6, 6.07) is 0.355. The normalized spacial score (nSPS) is 13.7. The third-order valence-corrected chi connectivity index (χ3v) is 2.28. The molecule has 0 amide bonds. The second kappa shape index (κ2) is 4.52. The second-order valence-electron chi connectivity index (χ2n) is 3.11. The molecule has 0 saturated carbocycles. The van der Waals surface area contributed by atoms with E-state index < -0.39 is 0 Å². The molecule has 1 N–H and O–H groups in total. The molecule has 0 aromatic carbocycles. The van der Waals surface area contributed by atoms with Gasteiger partial charge in [-0.2, -0.15) is 8.75 Å². The Hall–Kier alpha value is -0.480. The topological polar surface area (TPSA) is 37.8 Å². The van der Waals surface area contributed by atoms with Gasteiger partial charge in [0, 0.05) is 0 Å². The predicted molar refractivity (Wildman–Crippen MR) is 51.2 cm³/mol. The quantitative estimate of drug-likeness (QED) is 0.778. The number of hydrogen-bond acceptors (Lipinski definition) is 4. The summed E-state index contributed by atoms with van der Waals surface area (Å²) >= 11 is 1.27. The van der Waals surface area contributed by atoms with Crippen molar-refractivity contribution in [2.75, 3.05) is 6.54 Å². The fourth-order valence-electron chi connectivity index (χ4n) is 1.21. The zero-order chi connectivity index (χ0) is 8.97. The maximum absolute atomic E-state index is 4.22. The fourth-order valence-corrected chi connectivity index (χ4v) is 1.67. The standard InChI is InChI=1S/C8H15N3S/c1-4-9-8(6(2)3)7-5-10-12-11-7/h5-6,8-9H,4H2,1-3H3. The molecule has 4 heteroatoms. The molecule has 68 valence electrons. The first-order valence-electron chi connectivity index (χ1n) is 4.26. The van der Waals surface area contributed by atoms with Crippen molar-refractivity contribution in [1.82, 2.24) is 14.1 Å². The molecule has 0 fully saturated rings. The summed E-state index contributed by atoms with van der Waals surface area (Å²) in [5.41, 5.74) is 1.07. The van der Waals surface area contributed by atoms with Crippen LogP contribution in [0.25, 0.3) is 0 Å². The molecule has 0 radical (unpaired) electrons. The van der Waals surface area contributed by atoms with E-state index in [1.54, 1.807) is 0 Å². The molecule has 3 nitrogen and oxygen atoms in total. The molecular weight excluding hydrogens is 170 g/mol. The van der Waals surface area contributed by atoms with Crippen LogP contribution in [0.3, 0.4) is 0 Å². The monoisotopic (exact) mass is 185 g/mol. The van der Waals surface area contributed by atoms with Crippen LogP contribution in [0.4, 0.5) is 0 Å². The molecule has 1 rings (SSSR count). The minimum atomic E-state index is 0.355. The lowest BCUT2D eigenvalue weighted by Gasteiger charge is -2.18. The highest BCUT2D eigenvalue weighted by Crippen LogP contribution is 2.19. The number of aromatic nitrogens is 2. The summed E-state index contributed by atoms with van der Waals surface area (Å²) in [6.07, 6.45) is 1.85. The van der Waals surface area contributed by atoms with Crippen molar-refractivity contribution in [1.29, 1.82) is 0 Å². The van der Waals surface area contributed by atoms with E-state index in [2.05, 4.69) is 34.8 Å². The van der Waals surface area contributed by atoms with Gasteiger partial charge in [-0.3, -0.25) is 0 Å².